The molecule has 2 aliphatic rings. The first-order valence-corrected chi connectivity index (χ1v) is 7.11. The molecule has 5 heteroatoms. The molecule has 2 fully saturated rings. The number of piperidine rings is 1. The second-order valence-corrected chi connectivity index (χ2v) is 5.79. The minimum absolute atomic E-state index is 0.0842. The maximum absolute atomic E-state index is 12.2. The number of aliphatic carboxylic acids is 1. The van der Waals surface area contributed by atoms with Crippen molar-refractivity contribution in [2.75, 3.05) is 6.61 Å². The number of rotatable bonds is 4. The number of hydrogen-bond acceptors (Lipinski definition) is 3. The number of carboxylic acids is 1. The summed E-state index contributed by atoms with van der Waals surface area (Å²) in [5.41, 5.74) is 0. The van der Waals surface area contributed by atoms with Gasteiger partial charge in [-0.05, 0) is 32.6 Å². The zero-order valence-corrected chi connectivity index (χ0v) is 11.8. The van der Waals surface area contributed by atoms with Crippen LogP contribution in [0.5, 0.6) is 0 Å². The van der Waals surface area contributed by atoms with Crippen molar-refractivity contribution in [3.05, 3.63) is 0 Å². The molecular weight excluding hydrogens is 246 g/mol. The average molecular weight is 269 g/mol. The van der Waals surface area contributed by atoms with Crippen molar-refractivity contribution in [1.29, 1.82) is 0 Å². The topological polar surface area (TPSA) is 66.8 Å². The summed E-state index contributed by atoms with van der Waals surface area (Å²) in [6.45, 7) is 6.37. The van der Waals surface area contributed by atoms with Gasteiger partial charge in [0.05, 0.1) is 12.0 Å². The number of nitrogens with zero attached hydrogens (tertiary/aromatic N) is 1. The van der Waals surface area contributed by atoms with E-state index in [0.29, 0.717) is 13.0 Å². The first-order valence-electron chi connectivity index (χ1n) is 7.11. The predicted octanol–water partition coefficient (Wildman–Crippen LogP) is 1.51. The molecule has 1 aliphatic carbocycles. The van der Waals surface area contributed by atoms with Gasteiger partial charge in [0.1, 0.15) is 0 Å². The van der Waals surface area contributed by atoms with Crippen molar-refractivity contribution < 1.29 is 19.4 Å². The minimum atomic E-state index is -0.793. The Bertz CT molecular complexity index is 364. The highest BCUT2D eigenvalue weighted by atomic mass is 16.5. The van der Waals surface area contributed by atoms with Crippen LogP contribution in [0.25, 0.3) is 0 Å². The molecule has 0 aromatic carbocycles. The van der Waals surface area contributed by atoms with Gasteiger partial charge in [0, 0.05) is 25.1 Å². The maximum atomic E-state index is 12.2. The number of amides is 1. The van der Waals surface area contributed by atoms with E-state index in [1.54, 1.807) is 4.90 Å². The normalized spacial score (nSPS) is 39.0. The summed E-state index contributed by atoms with van der Waals surface area (Å²) >= 11 is 0. The summed E-state index contributed by atoms with van der Waals surface area (Å²) in [5.74, 6) is -1.24. The van der Waals surface area contributed by atoms with E-state index in [2.05, 4.69) is 0 Å². The Balaban J connectivity index is 2.03. The van der Waals surface area contributed by atoms with Crippen molar-refractivity contribution in [3.8, 4) is 0 Å². The molecule has 2 rings (SSSR count). The molecule has 5 nitrogen and oxygen atoms in total. The third kappa shape index (κ3) is 2.61. The van der Waals surface area contributed by atoms with E-state index in [0.717, 1.165) is 12.8 Å². The van der Waals surface area contributed by atoms with E-state index in [1.807, 2.05) is 20.8 Å². The van der Waals surface area contributed by atoms with Gasteiger partial charge in [-0.1, -0.05) is 6.92 Å². The average Bonchev–Trinajstić information content (AvgIpc) is 2.24. The van der Waals surface area contributed by atoms with Gasteiger partial charge in [0.25, 0.3) is 0 Å². The Hall–Kier alpha value is -1.10. The summed E-state index contributed by atoms with van der Waals surface area (Å²) < 4.78 is 5.51. The predicted molar refractivity (Wildman–Crippen MR) is 69.7 cm³/mol. The van der Waals surface area contributed by atoms with E-state index in [9.17, 15) is 14.7 Å². The lowest BCUT2D eigenvalue weighted by Crippen LogP contribution is -2.60. The molecule has 1 heterocycles. The van der Waals surface area contributed by atoms with Crippen molar-refractivity contribution in [3.63, 3.8) is 0 Å². The van der Waals surface area contributed by atoms with Crippen LogP contribution in [0.2, 0.25) is 0 Å². The van der Waals surface area contributed by atoms with Gasteiger partial charge >= 0.3 is 5.97 Å². The Kier molecular flexibility index (Phi) is 4.13. The highest BCUT2D eigenvalue weighted by molar-refractivity contribution is 5.82. The number of carbonyl (C=O) groups is 2. The van der Waals surface area contributed by atoms with Gasteiger partial charge in [0.2, 0.25) is 5.91 Å². The molecule has 0 bridgehead atoms. The van der Waals surface area contributed by atoms with Gasteiger partial charge in [-0.2, -0.15) is 0 Å². The number of likely N-dealkylation sites (tertiary alicyclic amines) is 1. The standard InChI is InChI=1S/C14H23NO4/c1-4-19-11-6-10(7-11)15-9(3)13(14(17)18)8(2)5-12(15)16/h8-11,13H,4-7H2,1-3H3,(H,17,18). The largest absolute Gasteiger partial charge is 0.481 e. The first kappa shape index (κ1) is 14.3. The molecule has 1 N–H and O–H groups in total. The van der Waals surface area contributed by atoms with Crippen molar-refractivity contribution in [2.24, 2.45) is 11.8 Å². The van der Waals surface area contributed by atoms with Crippen LogP contribution in [0.15, 0.2) is 0 Å². The third-order valence-electron chi connectivity index (χ3n) is 4.51. The second-order valence-electron chi connectivity index (χ2n) is 5.79. The SMILES string of the molecule is CCOC1CC(N2C(=O)CC(C)C(C(=O)O)C2C)C1. The maximum Gasteiger partial charge on any atom is 0.308 e. The molecule has 3 atom stereocenters. The van der Waals surface area contributed by atoms with E-state index in [-0.39, 0.29) is 30.0 Å². The lowest BCUT2D eigenvalue weighted by Gasteiger charge is -2.50. The summed E-state index contributed by atoms with van der Waals surface area (Å²) in [7, 11) is 0. The minimum Gasteiger partial charge on any atom is -0.481 e. The van der Waals surface area contributed by atoms with Crippen molar-refractivity contribution in [1.82, 2.24) is 4.90 Å². The monoisotopic (exact) mass is 269 g/mol. The van der Waals surface area contributed by atoms with E-state index < -0.39 is 11.9 Å². The molecule has 3 unspecified atom stereocenters. The fraction of sp³-hybridized carbons (Fsp3) is 0.857. The summed E-state index contributed by atoms with van der Waals surface area (Å²) in [4.78, 5) is 25.3. The molecular formula is C14H23NO4. The van der Waals surface area contributed by atoms with Crippen LogP contribution < -0.4 is 0 Å². The molecule has 0 aromatic rings. The van der Waals surface area contributed by atoms with Gasteiger partial charge in [-0.3, -0.25) is 9.59 Å². The van der Waals surface area contributed by atoms with Crippen molar-refractivity contribution >= 4 is 11.9 Å². The van der Waals surface area contributed by atoms with Crippen LogP contribution in [-0.4, -0.2) is 46.7 Å². The second kappa shape index (κ2) is 5.49. The molecule has 1 amide bonds. The van der Waals surface area contributed by atoms with Crippen LogP contribution in [0, 0.1) is 11.8 Å². The summed E-state index contributed by atoms with van der Waals surface area (Å²) in [6.07, 6.45) is 2.25. The van der Waals surface area contributed by atoms with Gasteiger partial charge in [-0.25, -0.2) is 0 Å². The van der Waals surface area contributed by atoms with Crippen LogP contribution in [0.4, 0.5) is 0 Å². The van der Waals surface area contributed by atoms with Gasteiger partial charge in [0.15, 0.2) is 0 Å². The van der Waals surface area contributed by atoms with E-state index in [1.165, 1.54) is 0 Å². The number of carboxylic acid groups (broad SMARTS) is 1. The zero-order chi connectivity index (χ0) is 14.2. The van der Waals surface area contributed by atoms with E-state index >= 15 is 0 Å². The highest BCUT2D eigenvalue weighted by Crippen LogP contribution is 2.37. The first-order chi connectivity index (χ1) is 8.95. The van der Waals surface area contributed by atoms with Gasteiger partial charge in [-0.15, -0.1) is 0 Å². The number of carbonyl (C=O) groups excluding carboxylic acids is 1. The van der Waals surface area contributed by atoms with Crippen LogP contribution >= 0.6 is 0 Å². The van der Waals surface area contributed by atoms with Crippen LogP contribution in [0.3, 0.4) is 0 Å². The lowest BCUT2D eigenvalue weighted by molar-refractivity contribution is -0.162. The smallest absolute Gasteiger partial charge is 0.308 e. The van der Waals surface area contributed by atoms with Crippen LogP contribution in [0.1, 0.15) is 40.0 Å². The summed E-state index contributed by atoms with van der Waals surface area (Å²) in [5, 5.41) is 9.33. The number of hydrogen-bond donors (Lipinski definition) is 1. The Morgan fingerprint density at radius 2 is 2.05 bits per heavy atom. The third-order valence-corrected chi connectivity index (χ3v) is 4.51. The van der Waals surface area contributed by atoms with Crippen molar-refractivity contribution in [2.45, 2.75) is 58.2 Å². The molecule has 1 saturated heterocycles. The molecule has 0 spiro atoms. The Labute approximate surface area is 113 Å². The fourth-order valence-electron chi connectivity index (χ4n) is 3.51. The van der Waals surface area contributed by atoms with E-state index in [4.69, 9.17) is 4.74 Å². The summed E-state index contributed by atoms with van der Waals surface area (Å²) in [6, 6.07) is -0.0604. The highest BCUT2D eigenvalue weighted by Gasteiger charge is 2.47. The molecule has 1 aliphatic heterocycles. The van der Waals surface area contributed by atoms with Gasteiger partial charge < -0.3 is 14.7 Å². The molecule has 108 valence electrons. The number of ether oxygens (including phenoxy) is 1. The Morgan fingerprint density at radius 3 is 2.58 bits per heavy atom. The lowest BCUT2D eigenvalue weighted by atomic mass is 9.77. The molecule has 0 aromatic heterocycles. The molecule has 1 saturated carbocycles. The Morgan fingerprint density at radius 1 is 1.42 bits per heavy atom. The zero-order valence-electron chi connectivity index (χ0n) is 11.8. The molecule has 0 radical (unpaired) electrons. The quantitative estimate of drug-likeness (QED) is 0.840. The fourth-order valence-corrected chi connectivity index (χ4v) is 3.51. The van der Waals surface area contributed by atoms with Crippen LogP contribution in [-0.2, 0) is 14.3 Å². The molecule has 19 heavy (non-hydrogen) atoms.